The van der Waals surface area contributed by atoms with Gasteiger partial charge in [0.15, 0.2) is 0 Å². The monoisotopic (exact) mass is 444 g/mol. The minimum Gasteiger partial charge on any atom is -0.490 e. The largest absolute Gasteiger partial charge is 0.490 e. The van der Waals surface area contributed by atoms with Crippen LogP contribution in [0.3, 0.4) is 0 Å². The molecule has 31 heavy (non-hydrogen) atoms. The van der Waals surface area contributed by atoms with Gasteiger partial charge in [0, 0.05) is 31.1 Å². The molecule has 2 N–H and O–H groups in total. The summed E-state index contributed by atoms with van der Waals surface area (Å²) in [4.78, 5) is 13.8. The van der Waals surface area contributed by atoms with Crippen LogP contribution in [0.4, 0.5) is 5.69 Å². The molecule has 3 atom stereocenters. The Morgan fingerprint density at radius 3 is 2.45 bits per heavy atom. The molecule has 1 aliphatic carbocycles. The van der Waals surface area contributed by atoms with Crippen LogP contribution in [0.1, 0.15) is 32.6 Å². The van der Waals surface area contributed by atoms with Crippen LogP contribution in [0.15, 0.2) is 48.5 Å². The molecular formula is C24H29ClN2O4. The highest BCUT2D eigenvalue weighted by atomic mass is 35.5. The fourth-order valence-corrected chi connectivity index (χ4v) is 4.63. The number of halogens is 1. The number of likely N-dealkylation sites (tertiary alicyclic amines) is 1. The Labute approximate surface area is 188 Å². The topological polar surface area (TPSA) is 71.0 Å². The first-order chi connectivity index (χ1) is 15.0. The second kappa shape index (κ2) is 9.90. The number of benzene rings is 2. The van der Waals surface area contributed by atoms with Crippen molar-refractivity contribution in [2.75, 3.05) is 18.4 Å². The Morgan fingerprint density at radius 1 is 1.03 bits per heavy atom. The van der Waals surface area contributed by atoms with Crippen LogP contribution in [0.5, 0.6) is 11.5 Å². The highest BCUT2D eigenvalue weighted by Crippen LogP contribution is 2.33. The Morgan fingerprint density at radius 2 is 1.74 bits per heavy atom. The van der Waals surface area contributed by atoms with E-state index in [2.05, 4.69) is 10.2 Å². The third kappa shape index (κ3) is 5.50. The van der Waals surface area contributed by atoms with Crippen LogP contribution in [0, 0.1) is 0 Å². The number of nitrogens with zero attached hydrogens (tertiary/aromatic N) is 1. The molecule has 2 unspecified atom stereocenters. The number of para-hydroxylation sites is 2. The molecule has 0 spiro atoms. The third-order valence-electron chi connectivity index (χ3n) is 6.06. The molecule has 1 heterocycles. The molecule has 2 fully saturated rings. The zero-order chi connectivity index (χ0) is 21.8. The molecule has 2 aromatic carbocycles. The number of ether oxygens (including phenoxy) is 2. The fourth-order valence-electron chi connectivity index (χ4n) is 4.51. The summed E-state index contributed by atoms with van der Waals surface area (Å²) < 4.78 is 12.2. The first kappa shape index (κ1) is 21.9. The van der Waals surface area contributed by atoms with Crippen LogP contribution in [0.25, 0.3) is 0 Å². The van der Waals surface area contributed by atoms with Crippen molar-refractivity contribution in [1.29, 1.82) is 0 Å². The average molecular weight is 445 g/mol. The van der Waals surface area contributed by atoms with Crippen LogP contribution in [0.2, 0.25) is 5.02 Å². The predicted octanol–water partition coefficient (Wildman–Crippen LogP) is 4.11. The lowest BCUT2D eigenvalue weighted by Gasteiger charge is -2.37. The van der Waals surface area contributed by atoms with E-state index in [4.69, 9.17) is 21.1 Å². The van der Waals surface area contributed by atoms with Crippen LogP contribution in [-0.4, -0.2) is 53.4 Å². The molecule has 1 aliphatic heterocycles. The molecule has 4 rings (SSSR count). The maximum atomic E-state index is 11.4. The quantitative estimate of drug-likeness (QED) is 0.701. The van der Waals surface area contributed by atoms with Crippen molar-refractivity contribution in [3.63, 3.8) is 0 Å². The smallest absolute Gasteiger partial charge is 0.221 e. The van der Waals surface area contributed by atoms with Gasteiger partial charge in [0.1, 0.15) is 29.8 Å². The van der Waals surface area contributed by atoms with E-state index in [0.717, 1.165) is 44.5 Å². The van der Waals surface area contributed by atoms with E-state index in [1.807, 2.05) is 42.5 Å². The molecule has 6 nitrogen and oxygen atoms in total. The Bertz CT molecular complexity index is 883. The second-order valence-corrected chi connectivity index (χ2v) is 8.71. The zero-order valence-electron chi connectivity index (χ0n) is 17.7. The lowest BCUT2D eigenvalue weighted by molar-refractivity contribution is -0.114. The molecule has 0 radical (unpaired) electrons. The third-order valence-corrected chi connectivity index (χ3v) is 6.31. The molecular weight excluding hydrogens is 416 g/mol. The normalized spacial score (nSPS) is 24.7. The molecule has 0 aromatic heterocycles. The molecule has 7 heteroatoms. The number of anilines is 1. The summed E-state index contributed by atoms with van der Waals surface area (Å²) in [5.41, 5.74) is 0.630. The summed E-state index contributed by atoms with van der Waals surface area (Å²) in [6, 6.07) is 14.9. The van der Waals surface area contributed by atoms with Crippen molar-refractivity contribution in [3.8, 4) is 11.5 Å². The highest BCUT2D eigenvalue weighted by Gasteiger charge is 2.41. The Balaban J connectivity index is 1.30. The van der Waals surface area contributed by atoms with E-state index in [1.54, 1.807) is 6.07 Å². The standard InChI is InChI=1S/C24H29ClN2O4/c1-16(28)26-20-4-2-3-5-22(20)31-23-11-10-21(24(23)29)27-14-12-19(13-15-27)30-18-8-6-17(25)7-9-18/h2-9,19,21,23-24,29H,10-15H2,1H3,(H,26,28)/t21?,23-,24?/m0/s1. The molecule has 166 valence electrons. The lowest BCUT2D eigenvalue weighted by atomic mass is 10.0. The average Bonchev–Trinajstić information content (AvgIpc) is 3.11. The van der Waals surface area contributed by atoms with E-state index in [0.29, 0.717) is 16.5 Å². The van der Waals surface area contributed by atoms with Gasteiger partial charge in [-0.1, -0.05) is 23.7 Å². The van der Waals surface area contributed by atoms with Gasteiger partial charge in [-0.05, 0) is 62.1 Å². The van der Waals surface area contributed by atoms with Crippen molar-refractivity contribution < 1.29 is 19.4 Å². The van der Waals surface area contributed by atoms with Crippen LogP contribution < -0.4 is 14.8 Å². The van der Waals surface area contributed by atoms with Crippen molar-refractivity contribution in [3.05, 3.63) is 53.6 Å². The number of aliphatic hydroxyl groups is 1. The molecule has 0 bridgehead atoms. The summed E-state index contributed by atoms with van der Waals surface area (Å²) in [6.45, 7) is 3.24. The lowest BCUT2D eigenvalue weighted by Crippen LogP contribution is -2.49. The maximum Gasteiger partial charge on any atom is 0.221 e. The van der Waals surface area contributed by atoms with Crippen LogP contribution in [-0.2, 0) is 4.79 Å². The molecule has 1 saturated heterocycles. The molecule has 2 aromatic rings. The van der Waals surface area contributed by atoms with E-state index in [1.165, 1.54) is 6.92 Å². The maximum absolute atomic E-state index is 11.4. The summed E-state index contributed by atoms with van der Waals surface area (Å²) in [5, 5.41) is 14.5. The number of piperidine rings is 1. The van der Waals surface area contributed by atoms with Gasteiger partial charge in [0.2, 0.25) is 5.91 Å². The number of amides is 1. The summed E-state index contributed by atoms with van der Waals surface area (Å²) >= 11 is 5.94. The SMILES string of the molecule is CC(=O)Nc1ccccc1O[C@H]1CCC(N2CCC(Oc3ccc(Cl)cc3)CC2)C1O. The number of nitrogens with one attached hydrogen (secondary N) is 1. The number of carbonyl (C=O) groups excluding carboxylic acids is 1. The highest BCUT2D eigenvalue weighted by molar-refractivity contribution is 6.30. The van der Waals surface area contributed by atoms with Gasteiger partial charge in [0.05, 0.1) is 5.69 Å². The van der Waals surface area contributed by atoms with Gasteiger partial charge in [-0.3, -0.25) is 9.69 Å². The minimum absolute atomic E-state index is 0.0782. The van der Waals surface area contributed by atoms with Crippen molar-refractivity contribution in [2.45, 2.75) is 57.0 Å². The van der Waals surface area contributed by atoms with Crippen molar-refractivity contribution >= 4 is 23.2 Å². The summed E-state index contributed by atoms with van der Waals surface area (Å²) in [6.07, 6.45) is 2.82. The van der Waals surface area contributed by atoms with Gasteiger partial charge in [-0.25, -0.2) is 0 Å². The summed E-state index contributed by atoms with van der Waals surface area (Å²) in [5.74, 6) is 1.29. The zero-order valence-corrected chi connectivity index (χ0v) is 18.4. The minimum atomic E-state index is -0.570. The Hall–Kier alpha value is -2.28. The number of aliphatic hydroxyl groups excluding tert-OH is 1. The molecule has 1 saturated carbocycles. The van der Waals surface area contributed by atoms with Crippen LogP contribution >= 0.6 is 11.6 Å². The first-order valence-corrected chi connectivity index (χ1v) is 11.2. The van der Waals surface area contributed by atoms with E-state index < -0.39 is 6.10 Å². The summed E-state index contributed by atoms with van der Waals surface area (Å²) in [7, 11) is 0. The Kier molecular flexibility index (Phi) is 7.00. The number of hydrogen-bond acceptors (Lipinski definition) is 5. The molecule has 2 aliphatic rings. The van der Waals surface area contributed by atoms with Crippen molar-refractivity contribution in [1.82, 2.24) is 4.90 Å². The van der Waals surface area contributed by atoms with Gasteiger partial charge in [0.25, 0.3) is 0 Å². The van der Waals surface area contributed by atoms with Gasteiger partial charge >= 0.3 is 0 Å². The van der Waals surface area contributed by atoms with Gasteiger partial charge < -0.3 is 19.9 Å². The van der Waals surface area contributed by atoms with E-state index in [-0.39, 0.29) is 24.2 Å². The van der Waals surface area contributed by atoms with E-state index >= 15 is 0 Å². The second-order valence-electron chi connectivity index (χ2n) is 8.28. The van der Waals surface area contributed by atoms with Crippen molar-refractivity contribution in [2.24, 2.45) is 0 Å². The predicted molar refractivity (Wildman–Crippen MR) is 121 cm³/mol. The van der Waals surface area contributed by atoms with E-state index in [9.17, 15) is 9.90 Å². The first-order valence-electron chi connectivity index (χ1n) is 10.9. The number of rotatable bonds is 6. The van der Waals surface area contributed by atoms with Gasteiger partial charge in [-0.15, -0.1) is 0 Å². The number of hydrogen-bond donors (Lipinski definition) is 2. The fraction of sp³-hybridized carbons (Fsp3) is 0.458. The van der Waals surface area contributed by atoms with Gasteiger partial charge in [-0.2, -0.15) is 0 Å². The number of carbonyl (C=O) groups is 1. The molecule has 1 amide bonds.